The minimum atomic E-state index is -0.178. The Kier molecular flexibility index (Phi) is 3.96. The minimum absolute atomic E-state index is 0.178. The summed E-state index contributed by atoms with van der Waals surface area (Å²) >= 11 is 1.50. The van der Waals surface area contributed by atoms with Crippen LogP contribution in [-0.4, -0.2) is 31.3 Å². The molecule has 4 rings (SSSR count). The van der Waals surface area contributed by atoms with Crippen LogP contribution in [0, 0.1) is 0 Å². The lowest BCUT2D eigenvalue weighted by Gasteiger charge is -2.20. The highest BCUT2D eigenvalue weighted by Crippen LogP contribution is 2.38. The van der Waals surface area contributed by atoms with Crippen molar-refractivity contribution in [3.63, 3.8) is 0 Å². The molecule has 0 atom stereocenters. The third-order valence-corrected chi connectivity index (χ3v) is 4.54. The number of amides is 1. The molecule has 0 bridgehead atoms. The topological polar surface area (TPSA) is 84.8 Å². The van der Waals surface area contributed by atoms with Crippen molar-refractivity contribution in [1.82, 2.24) is 25.4 Å². The van der Waals surface area contributed by atoms with Crippen molar-refractivity contribution in [2.24, 2.45) is 0 Å². The van der Waals surface area contributed by atoms with Crippen molar-refractivity contribution in [1.29, 1.82) is 0 Å². The summed E-state index contributed by atoms with van der Waals surface area (Å²) in [5.74, 6) is 0.749. The van der Waals surface area contributed by atoms with E-state index in [4.69, 9.17) is 0 Å². The molecule has 0 N–H and O–H groups in total. The third-order valence-electron chi connectivity index (χ3n) is 3.77. The van der Waals surface area contributed by atoms with Crippen molar-refractivity contribution >= 4 is 23.1 Å². The molecule has 0 spiro atoms. The zero-order valence-corrected chi connectivity index (χ0v) is 13.6. The number of carbonyl (C=O) groups is 1. The molecule has 8 heteroatoms. The van der Waals surface area contributed by atoms with Crippen LogP contribution in [0.5, 0.6) is 0 Å². The van der Waals surface area contributed by atoms with Gasteiger partial charge in [0.15, 0.2) is 5.82 Å². The maximum Gasteiger partial charge on any atom is 0.261 e. The van der Waals surface area contributed by atoms with Crippen LogP contribution >= 0.6 is 11.3 Å². The molecule has 1 amide bonds. The van der Waals surface area contributed by atoms with Crippen LogP contribution in [0.25, 0.3) is 0 Å². The normalized spacial score (nSPS) is 13.7. The van der Waals surface area contributed by atoms with E-state index in [9.17, 15) is 4.79 Å². The molecule has 3 aromatic heterocycles. The van der Waals surface area contributed by atoms with Gasteiger partial charge in [-0.05, 0) is 31.0 Å². The zero-order valence-electron chi connectivity index (χ0n) is 12.7. The van der Waals surface area contributed by atoms with Gasteiger partial charge < -0.3 is 0 Å². The number of anilines is 1. The first kappa shape index (κ1) is 14.8. The standard InChI is InChI=1S/C16H14N6OS/c23-16(12-8-13(11-3-4-11)20-19-9-12)22(10-15-17-6-7-24-15)14-2-1-5-18-21-14/h1-2,5-9,11H,3-4,10H2. The Balaban J connectivity index is 1.67. The van der Waals surface area contributed by atoms with E-state index in [2.05, 4.69) is 25.4 Å². The van der Waals surface area contributed by atoms with E-state index in [1.165, 1.54) is 17.5 Å². The lowest BCUT2D eigenvalue weighted by Crippen LogP contribution is -2.31. The minimum Gasteiger partial charge on any atom is -0.284 e. The van der Waals surface area contributed by atoms with Crippen molar-refractivity contribution in [2.45, 2.75) is 25.3 Å². The SMILES string of the molecule is O=C(c1cnnc(C2CC2)c1)N(Cc1nccs1)c1cccnn1. The summed E-state index contributed by atoms with van der Waals surface area (Å²) < 4.78 is 0. The maximum absolute atomic E-state index is 13.0. The second-order valence-corrected chi connectivity index (χ2v) is 6.52. The molecule has 0 aromatic carbocycles. The summed E-state index contributed by atoms with van der Waals surface area (Å²) in [6.07, 6.45) is 7.02. The van der Waals surface area contributed by atoms with Gasteiger partial charge in [0.2, 0.25) is 0 Å². The number of hydrogen-bond acceptors (Lipinski definition) is 7. The largest absolute Gasteiger partial charge is 0.284 e. The van der Waals surface area contributed by atoms with Gasteiger partial charge in [-0.1, -0.05) is 0 Å². The smallest absolute Gasteiger partial charge is 0.261 e. The molecular weight excluding hydrogens is 324 g/mol. The van der Waals surface area contributed by atoms with E-state index in [-0.39, 0.29) is 5.91 Å². The van der Waals surface area contributed by atoms with Crippen molar-refractivity contribution < 1.29 is 4.79 Å². The molecule has 1 fully saturated rings. The second kappa shape index (κ2) is 6.40. The Labute approximate surface area is 142 Å². The molecule has 0 saturated heterocycles. The third kappa shape index (κ3) is 3.13. The number of rotatable bonds is 5. The average Bonchev–Trinajstić information content (AvgIpc) is 3.37. The Bertz CT molecular complexity index is 835. The van der Waals surface area contributed by atoms with Crippen LogP contribution in [0.2, 0.25) is 0 Å². The number of hydrogen-bond donors (Lipinski definition) is 0. The Hall–Kier alpha value is -2.74. The van der Waals surface area contributed by atoms with E-state index in [0.29, 0.717) is 23.8 Å². The van der Waals surface area contributed by atoms with Gasteiger partial charge in [-0.3, -0.25) is 9.69 Å². The van der Waals surface area contributed by atoms with Gasteiger partial charge in [-0.25, -0.2) is 4.98 Å². The Morgan fingerprint density at radius 2 is 2.17 bits per heavy atom. The maximum atomic E-state index is 13.0. The molecule has 3 aromatic rings. The molecule has 1 aliphatic rings. The number of nitrogens with zero attached hydrogens (tertiary/aromatic N) is 6. The van der Waals surface area contributed by atoms with E-state index in [0.717, 1.165) is 23.5 Å². The van der Waals surface area contributed by atoms with E-state index < -0.39 is 0 Å². The van der Waals surface area contributed by atoms with Gasteiger partial charge >= 0.3 is 0 Å². The summed E-state index contributed by atoms with van der Waals surface area (Å²) in [6.45, 7) is 0.344. The van der Waals surface area contributed by atoms with Crippen molar-refractivity contribution in [2.75, 3.05) is 4.90 Å². The molecular formula is C16H14N6OS. The summed E-state index contributed by atoms with van der Waals surface area (Å²) in [7, 11) is 0. The van der Waals surface area contributed by atoms with E-state index >= 15 is 0 Å². The van der Waals surface area contributed by atoms with Gasteiger partial charge in [0, 0.05) is 23.7 Å². The van der Waals surface area contributed by atoms with Crippen LogP contribution in [0.1, 0.15) is 39.8 Å². The lowest BCUT2D eigenvalue weighted by molar-refractivity contribution is 0.0983. The number of thiazole rings is 1. The molecule has 24 heavy (non-hydrogen) atoms. The van der Waals surface area contributed by atoms with Crippen LogP contribution in [-0.2, 0) is 6.54 Å². The fourth-order valence-corrected chi connectivity index (χ4v) is 3.00. The lowest BCUT2D eigenvalue weighted by atomic mass is 10.2. The van der Waals surface area contributed by atoms with Gasteiger partial charge in [-0.15, -0.1) is 16.4 Å². The Morgan fingerprint density at radius 3 is 2.88 bits per heavy atom. The van der Waals surface area contributed by atoms with Crippen molar-refractivity contribution in [3.8, 4) is 0 Å². The Morgan fingerprint density at radius 1 is 1.25 bits per heavy atom. The highest BCUT2D eigenvalue weighted by molar-refractivity contribution is 7.09. The fourth-order valence-electron chi connectivity index (χ4n) is 2.40. The highest BCUT2D eigenvalue weighted by Gasteiger charge is 2.27. The van der Waals surface area contributed by atoms with Crippen LogP contribution in [0.3, 0.4) is 0 Å². The van der Waals surface area contributed by atoms with Crippen molar-refractivity contribution in [3.05, 3.63) is 58.4 Å². The first-order valence-electron chi connectivity index (χ1n) is 7.62. The first-order valence-corrected chi connectivity index (χ1v) is 8.50. The molecule has 3 heterocycles. The summed E-state index contributed by atoms with van der Waals surface area (Å²) in [5, 5.41) is 18.8. The molecule has 7 nitrogen and oxygen atoms in total. The number of carbonyl (C=O) groups excluding carboxylic acids is 1. The molecule has 1 saturated carbocycles. The predicted molar refractivity (Wildman–Crippen MR) is 88.7 cm³/mol. The quantitative estimate of drug-likeness (QED) is 0.710. The molecule has 0 unspecified atom stereocenters. The molecule has 0 aliphatic heterocycles. The van der Waals surface area contributed by atoms with Gasteiger partial charge in [0.05, 0.1) is 24.0 Å². The molecule has 0 radical (unpaired) electrons. The molecule has 1 aliphatic carbocycles. The predicted octanol–water partition coefficient (Wildman–Crippen LogP) is 2.45. The van der Waals surface area contributed by atoms with Gasteiger partial charge in [0.1, 0.15) is 5.01 Å². The monoisotopic (exact) mass is 338 g/mol. The average molecular weight is 338 g/mol. The van der Waals surface area contributed by atoms with Crippen LogP contribution in [0.4, 0.5) is 5.82 Å². The summed E-state index contributed by atoms with van der Waals surface area (Å²) in [6, 6.07) is 5.35. The van der Waals surface area contributed by atoms with E-state index in [1.54, 1.807) is 29.4 Å². The summed E-state index contributed by atoms with van der Waals surface area (Å²) in [4.78, 5) is 18.9. The van der Waals surface area contributed by atoms with Crippen LogP contribution in [0.15, 0.2) is 42.2 Å². The second-order valence-electron chi connectivity index (χ2n) is 5.54. The van der Waals surface area contributed by atoms with E-state index in [1.807, 2.05) is 11.4 Å². The first-order chi connectivity index (χ1) is 11.8. The highest BCUT2D eigenvalue weighted by atomic mass is 32.1. The fraction of sp³-hybridized carbons (Fsp3) is 0.250. The van der Waals surface area contributed by atoms with Gasteiger partial charge in [0.25, 0.3) is 5.91 Å². The summed E-state index contributed by atoms with van der Waals surface area (Å²) in [5.41, 5.74) is 1.39. The zero-order chi connectivity index (χ0) is 16.4. The number of aromatic nitrogens is 5. The van der Waals surface area contributed by atoms with Gasteiger partial charge in [-0.2, -0.15) is 15.3 Å². The van der Waals surface area contributed by atoms with Crippen LogP contribution < -0.4 is 4.90 Å². The molecule has 120 valence electrons.